The van der Waals surface area contributed by atoms with Gasteiger partial charge in [0.1, 0.15) is 5.82 Å². The fourth-order valence-electron chi connectivity index (χ4n) is 1.56. The van der Waals surface area contributed by atoms with Crippen molar-refractivity contribution in [1.82, 2.24) is 5.32 Å². The molecule has 0 radical (unpaired) electrons. The Bertz CT molecular complexity index is 373. The van der Waals surface area contributed by atoms with E-state index in [1.165, 1.54) is 12.1 Å². The molecule has 16 heavy (non-hydrogen) atoms. The van der Waals surface area contributed by atoms with E-state index < -0.39 is 0 Å². The fourth-order valence-corrected chi connectivity index (χ4v) is 1.56. The van der Waals surface area contributed by atoms with Crippen molar-refractivity contribution in [3.05, 3.63) is 35.1 Å². The lowest BCUT2D eigenvalue weighted by atomic mass is 10.1. The highest BCUT2D eigenvalue weighted by Gasteiger charge is 2.14. The van der Waals surface area contributed by atoms with E-state index in [1.807, 2.05) is 33.8 Å². The first-order valence-electron chi connectivity index (χ1n) is 5.33. The highest BCUT2D eigenvalue weighted by atomic mass is 19.1. The van der Waals surface area contributed by atoms with Gasteiger partial charge in [0, 0.05) is 5.54 Å². The van der Waals surface area contributed by atoms with Crippen LogP contribution in [0.2, 0.25) is 0 Å². The van der Waals surface area contributed by atoms with E-state index in [-0.39, 0.29) is 23.7 Å². The number of amides is 1. The molecule has 3 heteroatoms. The van der Waals surface area contributed by atoms with E-state index >= 15 is 0 Å². The van der Waals surface area contributed by atoms with Crippen LogP contribution in [-0.2, 0) is 11.2 Å². The van der Waals surface area contributed by atoms with Crippen LogP contribution in [0.1, 0.15) is 31.9 Å². The SMILES string of the molecule is Cc1cc(F)cc(CC(=O)NC(C)(C)C)c1. The Hall–Kier alpha value is -1.38. The quantitative estimate of drug-likeness (QED) is 0.820. The summed E-state index contributed by atoms with van der Waals surface area (Å²) in [6.07, 6.45) is 0.218. The number of aryl methyl sites for hydroxylation is 1. The number of carbonyl (C=O) groups is 1. The van der Waals surface area contributed by atoms with Crippen LogP contribution in [0, 0.1) is 12.7 Å². The second-order valence-corrected chi connectivity index (χ2v) is 5.11. The molecule has 0 aliphatic carbocycles. The monoisotopic (exact) mass is 223 g/mol. The first-order chi connectivity index (χ1) is 7.26. The summed E-state index contributed by atoms with van der Waals surface area (Å²) in [6, 6.07) is 4.67. The zero-order chi connectivity index (χ0) is 12.3. The molecule has 0 aromatic heterocycles. The minimum atomic E-state index is -0.293. The molecule has 0 saturated heterocycles. The molecule has 0 bridgehead atoms. The fraction of sp³-hybridized carbons (Fsp3) is 0.462. The average Bonchev–Trinajstić information content (AvgIpc) is 1.96. The molecule has 0 aliphatic heterocycles. The summed E-state index contributed by atoms with van der Waals surface area (Å²) in [4.78, 5) is 11.6. The summed E-state index contributed by atoms with van der Waals surface area (Å²) in [5.41, 5.74) is 1.29. The molecule has 1 N–H and O–H groups in total. The van der Waals surface area contributed by atoms with Crippen LogP contribution >= 0.6 is 0 Å². The van der Waals surface area contributed by atoms with Crippen LogP contribution in [0.15, 0.2) is 18.2 Å². The number of rotatable bonds is 2. The van der Waals surface area contributed by atoms with Crippen molar-refractivity contribution in [1.29, 1.82) is 0 Å². The molecule has 0 spiro atoms. The lowest BCUT2D eigenvalue weighted by molar-refractivity contribution is -0.121. The van der Waals surface area contributed by atoms with Crippen molar-refractivity contribution in [2.75, 3.05) is 0 Å². The number of nitrogens with one attached hydrogen (secondary N) is 1. The summed E-state index contributed by atoms with van der Waals surface area (Å²) in [7, 11) is 0. The average molecular weight is 223 g/mol. The Kier molecular flexibility index (Phi) is 3.68. The molecule has 0 fully saturated rings. The van der Waals surface area contributed by atoms with Crippen LogP contribution in [0.25, 0.3) is 0 Å². The van der Waals surface area contributed by atoms with E-state index in [0.29, 0.717) is 5.56 Å². The Balaban J connectivity index is 2.70. The minimum absolute atomic E-state index is 0.0856. The highest BCUT2D eigenvalue weighted by Crippen LogP contribution is 2.09. The van der Waals surface area contributed by atoms with Crippen LogP contribution in [0.5, 0.6) is 0 Å². The molecular weight excluding hydrogens is 205 g/mol. The van der Waals surface area contributed by atoms with Crippen molar-refractivity contribution >= 4 is 5.91 Å². The van der Waals surface area contributed by atoms with Gasteiger partial charge in [-0.15, -0.1) is 0 Å². The normalized spacial score (nSPS) is 11.3. The third-order valence-electron chi connectivity index (χ3n) is 1.98. The maximum absolute atomic E-state index is 13.1. The van der Waals surface area contributed by atoms with E-state index in [1.54, 1.807) is 0 Å². The Morgan fingerprint density at radius 3 is 2.44 bits per heavy atom. The second kappa shape index (κ2) is 4.64. The van der Waals surface area contributed by atoms with Crippen LogP contribution in [0.4, 0.5) is 4.39 Å². The Morgan fingerprint density at radius 2 is 1.94 bits per heavy atom. The summed E-state index contributed by atoms with van der Waals surface area (Å²) in [5.74, 6) is -0.379. The van der Waals surface area contributed by atoms with Gasteiger partial charge in [0.05, 0.1) is 6.42 Å². The number of benzene rings is 1. The topological polar surface area (TPSA) is 29.1 Å². The molecule has 88 valence electrons. The standard InChI is InChI=1S/C13H18FNO/c1-9-5-10(7-11(14)6-9)8-12(16)15-13(2,3)4/h5-7H,8H2,1-4H3,(H,15,16). The van der Waals surface area contributed by atoms with Gasteiger partial charge >= 0.3 is 0 Å². The smallest absolute Gasteiger partial charge is 0.224 e. The minimum Gasteiger partial charge on any atom is -0.351 e. The van der Waals surface area contributed by atoms with Crippen LogP contribution in [-0.4, -0.2) is 11.4 Å². The van der Waals surface area contributed by atoms with Crippen molar-refractivity contribution < 1.29 is 9.18 Å². The predicted octanol–water partition coefficient (Wildman–Crippen LogP) is 2.59. The van der Waals surface area contributed by atoms with Crippen LogP contribution in [0.3, 0.4) is 0 Å². The van der Waals surface area contributed by atoms with Crippen LogP contribution < -0.4 is 5.32 Å². The molecule has 1 amide bonds. The molecular formula is C13H18FNO. The first kappa shape index (κ1) is 12.7. The van der Waals surface area contributed by atoms with Gasteiger partial charge in [-0.05, 0) is 51.0 Å². The van der Waals surface area contributed by atoms with Gasteiger partial charge in [0.15, 0.2) is 0 Å². The van der Waals surface area contributed by atoms with E-state index in [4.69, 9.17) is 0 Å². The van der Waals surface area contributed by atoms with Gasteiger partial charge < -0.3 is 5.32 Å². The van der Waals surface area contributed by atoms with Gasteiger partial charge in [0.2, 0.25) is 5.91 Å². The van der Waals surface area contributed by atoms with Crippen molar-refractivity contribution in [2.45, 2.75) is 39.7 Å². The molecule has 1 aromatic carbocycles. The number of hydrogen-bond acceptors (Lipinski definition) is 1. The molecule has 1 aromatic rings. The number of hydrogen-bond donors (Lipinski definition) is 1. The zero-order valence-electron chi connectivity index (χ0n) is 10.2. The van der Waals surface area contributed by atoms with Crippen molar-refractivity contribution in [3.8, 4) is 0 Å². The maximum Gasteiger partial charge on any atom is 0.224 e. The summed E-state index contributed by atoms with van der Waals surface area (Å²) in [6.45, 7) is 7.57. The van der Waals surface area contributed by atoms with Crippen molar-refractivity contribution in [3.63, 3.8) is 0 Å². The third-order valence-corrected chi connectivity index (χ3v) is 1.98. The summed E-state index contributed by atoms with van der Waals surface area (Å²) >= 11 is 0. The predicted molar refractivity (Wildman–Crippen MR) is 62.7 cm³/mol. The molecule has 0 heterocycles. The van der Waals surface area contributed by atoms with Gasteiger partial charge in [-0.25, -0.2) is 4.39 Å². The maximum atomic E-state index is 13.1. The van der Waals surface area contributed by atoms with Gasteiger partial charge in [-0.1, -0.05) is 6.07 Å². The first-order valence-corrected chi connectivity index (χ1v) is 5.33. The lowest BCUT2D eigenvalue weighted by Gasteiger charge is -2.20. The molecule has 0 atom stereocenters. The Morgan fingerprint density at radius 1 is 1.31 bits per heavy atom. The molecule has 2 nitrogen and oxygen atoms in total. The van der Waals surface area contributed by atoms with E-state index in [2.05, 4.69) is 5.32 Å². The molecule has 0 saturated carbocycles. The second-order valence-electron chi connectivity index (χ2n) is 5.11. The Labute approximate surface area is 95.9 Å². The highest BCUT2D eigenvalue weighted by molar-refractivity contribution is 5.79. The number of carbonyl (C=O) groups excluding carboxylic acids is 1. The lowest BCUT2D eigenvalue weighted by Crippen LogP contribution is -2.41. The molecule has 1 rings (SSSR count). The van der Waals surface area contributed by atoms with E-state index in [9.17, 15) is 9.18 Å². The van der Waals surface area contributed by atoms with Gasteiger partial charge in [0.25, 0.3) is 0 Å². The van der Waals surface area contributed by atoms with Gasteiger partial charge in [-0.3, -0.25) is 4.79 Å². The molecule has 0 aliphatic rings. The summed E-state index contributed by atoms with van der Waals surface area (Å²) < 4.78 is 13.1. The molecule has 0 unspecified atom stereocenters. The third kappa shape index (κ3) is 4.43. The van der Waals surface area contributed by atoms with E-state index in [0.717, 1.165) is 5.56 Å². The summed E-state index contributed by atoms with van der Waals surface area (Å²) in [5, 5.41) is 2.85. The number of halogens is 1. The van der Waals surface area contributed by atoms with Gasteiger partial charge in [-0.2, -0.15) is 0 Å². The zero-order valence-corrected chi connectivity index (χ0v) is 10.2. The largest absolute Gasteiger partial charge is 0.351 e. The van der Waals surface area contributed by atoms with Crippen molar-refractivity contribution in [2.24, 2.45) is 0 Å².